The van der Waals surface area contributed by atoms with Crippen molar-refractivity contribution in [3.05, 3.63) is 53.1 Å². The molecule has 3 heterocycles. The summed E-state index contributed by atoms with van der Waals surface area (Å²) in [5, 5.41) is 10.6. The highest BCUT2D eigenvalue weighted by atomic mass is 32.2. The van der Waals surface area contributed by atoms with Gasteiger partial charge in [-0.15, -0.1) is 0 Å². The molecule has 2 aliphatic carbocycles. The maximum atomic E-state index is 14.4. The number of fused-ring (bicyclic) bond motifs is 1. The summed E-state index contributed by atoms with van der Waals surface area (Å²) in [6.45, 7) is 0.744. The average molecular weight is 412 g/mol. The highest BCUT2D eigenvalue weighted by molar-refractivity contribution is 7.97. The molecule has 1 aliphatic heterocycles. The van der Waals surface area contributed by atoms with Gasteiger partial charge in [-0.1, -0.05) is 0 Å². The number of oxazole rings is 1. The van der Waals surface area contributed by atoms with Gasteiger partial charge in [-0.05, 0) is 61.7 Å². The first kappa shape index (κ1) is 17.5. The Morgan fingerprint density at radius 3 is 2.86 bits per heavy atom. The lowest BCUT2D eigenvalue weighted by Crippen LogP contribution is -1.97. The van der Waals surface area contributed by atoms with Crippen LogP contribution in [-0.4, -0.2) is 15.2 Å². The zero-order valence-corrected chi connectivity index (χ0v) is 16.7. The first-order valence-corrected chi connectivity index (χ1v) is 11.0. The average Bonchev–Trinajstić information content (AvgIpc) is 3.19. The predicted molar refractivity (Wildman–Crippen MR) is 109 cm³/mol. The number of halogens is 1. The van der Waals surface area contributed by atoms with Crippen molar-refractivity contribution in [1.29, 1.82) is 0 Å². The topological polar surface area (TPSA) is 78.8 Å². The van der Waals surface area contributed by atoms with Crippen molar-refractivity contribution in [1.82, 2.24) is 19.9 Å². The van der Waals surface area contributed by atoms with Crippen molar-refractivity contribution in [2.45, 2.75) is 61.3 Å². The van der Waals surface area contributed by atoms with E-state index < -0.39 is 0 Å². The number of hydrogen-bond donors (Lipinski definition) is 3. The van der Waals surface area contributed by atoms with Gasteiger partial charge in [0, 0.05) is 41.0 Å². The number of hydrogen-bond acceptors (Lipinski definition) is 6. The van der Waals surface area contributed by atoms with Crippen molar-refractivity contribution in [3.8, 4) is 0 Å². The molecule has 150 valence electrons. The van der Waals surface area contributed by atoms with Gasteiger partial charge in [0.15, 0.2) is 11.7 Å². The molecule has 0 saturated heterocycles. The van der Waals surface area contributed by atoms with Crippen molar-refractivity contribution in [3.63, 3.8) is 0 Å². The summed E-state index contributed by atoms with van der Waals surface area (Å²) in [6.07, 6.45) is 7.52. The zero-order chi connectivity index (χ0) is 19.4. The van der Waals surface area contributed by atoms with Crippen LogP contribution < -0.4 is 10.0 Å². The monoisotopic (exact) mass is 411 g/mol. The highest BCUT2D eigenvalue weighted by Gasteiger charge is 2.33. The van der Waals surface area contributed by atoms with Gasteiger partial charge in [0.1, 0.15) is 11.6 Å². The molecule has 3 aliphatic rings. The Hall–Kier alpha value is -2.32. The smallest absolute Gasteiger partial charge is 0.197 e. The number of benzene rings is 1. The third kappa shape index (κ3) is 3.34. The molecule has 3 aromatic rings. The lowest BCUT2D eigenvalue weighted by molar-refractivity contribution is 0.418. The molecular weight excluding hydrogens is 389 g/mol. The van der Waals surface area contributed by atoms with Crippen LogP contribution in [0, 0.1) is 5.82 Å². The van der Waals surface area contributed by atoms with Crippen LogP contribution in [0.2, 0.25) is 0 Å². The maximum absolute atomic E-state index is 14.4. The van der Waals surface area contributed by atoms with Crippen LogP contribution in [0.1, 0.15) is 72.8 Å². The standard InChI is InChI=1S/C21H22FN5OS/c22-15-7-19-14(9-24-29-19)6-17(15)25-20-8-16(26-27-20)12-3-4-13(5-12)21-23-10-18(28-21)11-1-2-11/h6-8,10-13,24H,1-5,9H2,(H2,25,26,27). The Kier molecular flexibility index (Phi) is 4.16. The molecule has 2 fully saturated rings. The molecule has 0 bridgehead atoms. The summed E-state index contributed by atoms with van der Waals surface area (Å²) in [6, 6.07) is 5.43. The molecule has 8 heteroatoms. The third-order valence-corrected chi connectivity index (χ3v) is 7.09. The maximum Gasteiger partial charge on any atom is 0.197 e. The lowest BCUT2D eigenvalue weighted by atomic mass is 10.0. The molecule has 2 unspecified atom stereocenters. The fourth-order valence-electron chi connectivity index (χ4n) is 4.40. The molecule has 6 rings (SSSR count). The molecule has 0 spiro atoms. The number of aromatic nitrogens is 3. The van der Waals surface area contributed by atoms with Gasteiger partial charge in [-0.2, -0.15) is 5.10 Å². The number of anilines is 2. The highest BCUT2D eigenvalue weighted by Crippen LogP contribution is 2.46. The van der Waals surface area contributed by atoms with Crippen LogP contribution in [0.15, 0.2) is 33.7 Å². The van der Waals surface area contributed by atoms with Gasteiger partial charge in [-0.25, -0.2) is 9.37 Å². The second-order valence-electron chi connectivity index (χ2n) is 8.28. The summed E-state index contributed by atoms with van der Waals surface area (Å²) in [4.78, 5) is 5.48. The van der Waals surface area contributed by atoms with E-state index >= 15 is 0 Å². The Balaban J connectivity index is 1.14. The summed E-state index contributed by atoms with van der Waals surface area (Å²) >= 11 is 1.47. The van der Waals surface area contributed by atoms with Crippen LogP contribution in [-0.2, 0) is 6.54 Å². The summed E-state index contributed by atoms with van der Waals surface area (Å²) in [7, 11) is 0. The Labute approximate surface area is 172 Å². The van der Waals surface area contributed by atoms with E-state index in [2.05, 4.69) is 25.2 Å². The van der Waals surface area contributed by atoms with Crippen molar-refractivity contribution in [2.24, 2.45) is 0 Å². The van der Waals surface area contributed by atoms with Crippen LogP contribution in [0.3, 0.4) is 0 Å². The first-order chi connectivity index (χ1) is 14.2. The SMILES string of the molecule is Fc1cc2c(cc1Nc1cc(C3CCC(c4ncc(C5CC5)o4)C3)[nH]n1)CNS2. The summed E-state index contributed by atoms with van der Waals surface area (Å²) in [5.74, 6) is 3.69. The minimum absolute atomic E-state index is 0.263. The second kappa shape index (κ2) is 6.88. The Morgan fingerprint density at radius 2 is 1.97 bits per heavy atom. The number of H-pyrrole nitrogens is 1. The zero-order valence-electron chi connectivity index (χ0n) is 15.9. The number of nitrogens with one attached hydrogen (secondary N) is 3. The lowest BCUT2D eigenvalue weighted by Gasteiger charge is -2.07. The number of aromatic amines is 1. The molecular formula is C21H22FN5OS. The normalized spacial score (nSPS) is 23.5. The molecule has 3 N–H and O–H groups in total. The molecule has 6 nitrogen and oxygen atoms in total. The van der Waals surface area contributed by atoms with E-state index in [1.165, 1.54) is 24.8 Å². The molecule has 0 amide bonds. The van der Waals surface area contributed by atoms with Crippen LogP contribution in [0.4, 0.5) is 15.9 Å². The Morgan fingerprint density at radius 1 is 1.10 bits per heavy atom. The van der Waals surface area contributed by atoms with E-state index in [1.54, 1.807) is 6.07 Å². The van der Waals surface area contributed by atoms with Gasteiger partial charge in [0.25, 0.3) is 0 Å². The first-order valence-electron chi connectivity index (χ1n) is 10.2. The van der Waals surface area contributed by atoms with Crippen molar-refractivity contribution in [2.75, 3.05) is 5.32 Å². The minimum Gasteiger partial charge on any atom is -0.445 e. The van der Waals surface area contributed by atoms with E-state index in [9.17, 15) is 4.39 Å². The molecule has 1 aromatic carbocycles. The predicted octanol–water partition coefficient (Wildman–Crippen LogP) is 5.32. The second-order valence-corrected chi connectivity index (χ2v) is 9.21. The Bertz CT molecular complexity index is 1060. The van der Waals surface area contributed by atoms with E-state index in [-0.39, 0.29) is 5.82 Å². The molecule has 2 atom stereocenters. The van der Waals surface area contributed by atoms with E-state index in [1.807, 2.05) is 18.3 Å². The molecule has 2 aromatic heterocycles. The minimum atomic E-state index is -0.263. The number of nitrogens with zero attached hydrogens (tertiary/aromatic N) is 2. The largest absolute Gasteiger partial charge is 0.445 e. The van der Waals surface area contributed by atoms with Crippen LogP contribution in [0.25, 0.3) is 0 Å². The fourth-order valence-corrected chi connectivity index (χ4v) is 5.21. The van der Waals surface area contributed by atoms with Crippen molar-refractivity contribution < 1.29 is 8.81 Å². The van der Waals surface area contributed by atoms with Crippen LogP contribution >= 0.6 is 11.9 Å². The molecule has 0 radical (unpaired) electrons. The van der Waals surface area contributed by atoms with Gasteiger partial charge in [0.05, 0.1) is 11.9 Å². The molecule has 29 heavy (non-hydrogen) atoms. The summed E-state index contributed by atoms with van der Waals surface area (Å²) < 4.78 is 23.6. The third-order valence-electron chi connectivity index (χ3n) is 6.20. The quantitative estimate of drug-likeness (QED) is 0.493. The molecule has 2 saturated carbocycles. The fraction of sp³-hybridized carbons (Fsp3) is 0.429. The number of rotatable bonds is 5. The summed E-state index contributed by atoms with van der Waals surface area (Å²) in [5.41, 5.74) is 2.65. The van der Waals surface area contributed by atoms with Gasteiger partial charge >= 0.3 is 0 Å². The van der Waals surface area contributed by atoms with Crippen molar-refractivity contribution >= 4 is 23.5 Å². The van der Waals surface area contributed by atoms with E-state index in [4.69, 9.17) is 4.42 Å². The van der Waals surface area contributed by atoms with Gasteiger partial charge in [-0.3, -0.25) is 9.82 Å². The van der Waals surface area contributed by atoms with Gasteiger partial charge < -0.3 is 9.73 Å². The van der Waals surface area contributed by atoms with E-state index in [0.29, 0.717) is 29.3 Å². The van der Waals surface area contributed by atoms with E-state index in [0.717, 1.165) is 53.6 Å². The van der Waals surface area contributed by atoms with Gasteiger partial charge in [0.2, 0.25) is 0 Å². The van der Waals surface area contributed by atoms with Crippen LogP contribution in [0.5, 0.6) is 0 Å².